The van der Waals surface area contributed by atoms with Crippen LogP contribution in [0.25, 0.3) is 0 Å². The van der Waals surface area contributed by atoms with E-state index in [1.807, 2.05) is 30.3 Å². The van der Waals surface area contributed by atoms with E-state index in [1.165, 1.54) is 11.8 Å². The molecule has 0 aromatic heterocycles. The number of para-hydroxylation sites is 1. The topological polar surface area (TPSA) is 100 Å². The van der Waals surface area contributed by atoms with Gasteiger partial charge in [0.15, 0.2) is 5.17 Å². The largest absolute Gasteiger partial charge is 0.508 e. The third-order valence-corrected chi connectivity index (χ3v) is 7.70. The molecule has 38 heavy (non-hydrogen) atoms. The first-order valence-corrected chi connectivity index (χ1v) is 13.4. The summed E-state index contributed by atoms with van der Waals surface area (Å²) in [5.41, 5.74) is 1.17. The third kappa shape index (κ3) is 6.35. The lowest BCUT2D eigenvalue weighted by molar-refractivity contribution is -0.129. The Morgan fingerprint density at radius 2 is 1.79 bits per heavy atom. The van der Waals surface area contributed by atoms with Gasteiger partial charge in [0.2, 0.25) is 11.8 Å². The van der Waals surface area contributed by atoms with Gasteiger partial charge in [-0.05, 0) is 67.3 Å². The lowest BCUT2D eigenvalue weighted by atomic mass is 9.82. The highest BCUT2D eigenvalue weighted by Crippen LogP contribution is 2.37. The lowest BCUT2D eigenvalue weighted by Crippen LogP contribution is -2.42. The van der Waals surface area contributed by atoms with Crippen molar-refractivity contribution in [3.63, 3.8) is 0 Å². The summed E-state index contributed by atoms with van der Waals surface area (Å²) in [6, 6.07) is 23.2. The predicted octanol–water partition coefficient (Wildman–Crippen LogP) is 5.57. The average Bonchev–Trinajstić information content (AvgIpc) is 3.16. The van der Waals surface area contributed by atoms with E-state index in [9.17, 15) is 14.7 Å². The van der Waals surface area contributed by atoms with Gasteiger partial charge in [0.1, 0.15) is 22.5 Å². The molecule has 1 saturated heterocycles. The zero-order chi connectivity index (χ0) is 26.5. The number of nitrogens with one attached hydrogen (secondary N) is 1. The molecule has 1 unspecified atom stereocenters. The van der Waals surface area contributed by atoms with Gasteiger partial charge >= 0.3 is 0 Å². The SMILES string of the molecule is COC1CC(CN2C(=O)C(CC(=O)Nc3ccc(Oc4ccccc4)cc3)SC2=Nc2cccc(O)c2)C1. The van der Waals surface area contributed by atoms with Gasteiger partial charge in [0.25, 0.3) is 0 Å². The summed E-state index contributed by atoms with van der Waals surface area (Å²) in [6.45, 7) is 0.532. The predicted molar refractivity (Wildman–Crippen MR) is 148 cm³/mol. The van der Waals surface area contributed by atoms with E-state index in [4.69, 9.17) is 9.47 Å². The normalized spacial score (nSPS) is 21.8. The standard InChI is InChI=1S/C29H29N3O5S/c1-36-25-14-19(15-25)18-32-28(35)26(38-29(32)31-21-6-5-7-22(33)16-21)17-27(34)30-20-10-12-24(13-11-20)37-23-8-3-2-4-9-23/h2-13,16,19,25-26,33H,14-15,17-18H2,1H3,(H,30,34). The number of hydrogen-bond donors (Lipinski definition) is 2. The Labute approximate surface area is 225 Å². The lowest BCUT2D eigenvalue weighted by Gasteiger charge is -2.36. The van der Waals surface area contributed by atoms with Crippen molar-refractivity contribution in [1.29, 1.82) is 0 Å². The summed E-state index contributed by atoms with van der Waals surface area (Å²) in [5, 5.41) is 12.7. The molecule has 2 N–H and O–H groups in total. The highest BCUT2D eigenvalue weighted by molar-refractivity contribution is 8.15. The Kier molecular flexibility index (Phi) is 7.95. The molecule has 3 aromatic rings. The van der Waals surface area contributed by atoms with Crippen molar-refractivity contribution in [2.24, 2.45) is 10.9 Å². The minimum atomic E-state index is -0.579. The number of methoxy groups -OCH3 is 1. The molecule has 3 aromatic carbocycles. The molecule has 1 aliphatic heterocycles. The van der Waals surface area contributed by atoms with Crippen LogP contribution in [0.4, 0.5) is 11.4 Å². The molecular weight excluding hydrogens is 502 g/mol. The first-order valence-electron chi connectivity index (χ1n) is 12.5. The third-order valence-electron chi connectivity index (χ3n) is 6.53. The Hall–Kier alpha value is -3.82. The number of amidine groups is 1. The van der Waals surface area contributed by atoms with E-state index in [0.29, 0.717) is 34.8 Å². The van der Waals surface area contributed by atoms with Crippen LogP contribution in [-0.4, -0.2) is 52.0 Å². The minimum Gasteiger partial charge on any atom is -0.508 e. The number of amides is 2. The monoisotopic (exact) mass is 531 g/mol. The number of aliphatic imine (C=N–C) groups is 1. The van der Waals surface area contributed by atoms with Gasteiger partial charge in [-0.25, -0.2) is 4.99 Å². The number of phenolic OH excluding ortho intramolecular Hbond substituents is 1. The number of carbonyl (C=O) groups is 2. The van der Waals surface area contributed by atoms with Gasteiger partial charge in [-0.1, -0.05) is 36.0 Å². The fourth-order valence-electron chi connectivity index (χ4n) is 4.45. The average molecular weight is 532 g/mol. The van der Waals surface area contributed by atoms with Crippen LogP contribution in [0.2, 0.25) is 0 Å². The molecule has 0 bridgehead atoms. The van der Waals surface area contributed by atoms with Crippen molar-refractivity contribution in [3.05, 3.63) is 78.9 Å². The number of rotatable bonds is 9. The highest BCUT2D eigenvalue weighted by atomic mass is 32.2. The molecular formula is C29H29N3O5S. The van der Waals surface area contributed by atoms with Crippen molar-refractivity contribution in [3.8, 4) is 17.2 Å². The summed E-state index contributed by atoms with van der Waals surface area (Å²) in [6.07, 6.45) is 2.02. The number of nitrogens with zero attached hydrogens (tertiary/aromatic N) is 2. The van der Waals surface area contributed by atoms with Gasteiger partial charge in [0, 0.05) is 31.8 Å². The quantitative estimate of drug-likeness (QED) is 0.374. The molecule has 1 heterocycles. The van der Waals surface area contributed by atoms with Crippen molar-refractivity contribution in [2.75, 3.05) is 19.0 Å². The summed E-state index contributed by atoms with van der Waals surface area (Å²) < 4.78 is 11.2. The van der Waals surface area contributed by atoms with Crippen molar-refractivity contribution >= 4 is 40.1 Å². The molecule has 1 saturated carbocycles. The molecule has 1 aliphatic carbocycles. The summed E-state index contributed by atoms with van der Waals surface area (Å²) in [7, 11) is 1.70. The van der Waals surface area contributed by atoms with E-state index in [1.54, 1.807) is 60.5 Å². The number of thioether (sulfide) groups is 1. The smallest absolute Gasteiger partial charge is 0.242 e. The van der Waals surface area contributed by atoms with Crippen LogP contribution in [0.1, 0.15) is 19.3 Å². The van der Waals surface area contributed by atoms with Crippen LogP contribution in [-0.2, 0) is 14.3 Å². The molecule has 8 nitrogen and oxygen atoms in total. The maximum atomic E-state index is 13.4. The van der Waals surface area contributed by atoms with E-state index in [0.717, 1.165) is 18.6 Å². The second kappa shape index (κ2) is 11.7. The van der Waals surface area contributed by atoms with E-state index >= 15 is 0 Å². The first-order chi connectivity index (χ1) is 18.5. The second-order valence-corrected chi connectivity index (χ2v) is 10.5. The van der Waals surface area contributed by atoms with E-state index < -0.39 is 5.25 Å². The number of carbonyl (C=O) groups excluding carboxylic acids is 2. The zero-order valence-electron chi connectivity index (χ0n) is 20.9. The summed E-state index contributed by atoms with van der Waals surface area (Å²) in [4.78, 5) is 32.5. The van der Waals surface area contributed by atoms with Crippen LogP contribution >= 0.6 is 11.8 Å². The van der Waals surface area contributed by atoms with Gasteiger partial charge in [0.05, 0.1) is 11.8 Å². The fourth-order valence-corrected chi connectivity index (χ4v) is 5.62. The van der Waals surface area contributed by atoms with Crippen LogP contribution in [0, 0.1) is 5.92 Å². The van der Waals surface area contributed by atoms with E-state index in [-0.39, 0.29) is 30.1 Å². The second-order valence-electron chi connectivity index (χ2n) is 9.36. The highest BCUT2D eigenvalue weighted by Gasteiger charge is 2.42. The van der Waals surface area contributed by atoms with Gasteiger partial charge in [-0.2, -0.15) is 0 Å². The first kappa shape index (κ1) is 25.8. The molecule has 2 amide bonds. The summed E-state index contributed by atoms with van der Waals surface area (Å²) >= 11 is 1.29. The van der Waals surface area contributed by atoms with Crippen LogP contribution < -0.4 is 10.1 Å². The van der Waals surface area contributed by atoms with Crippen LogP contribution in [0.3, 0.4) is 0 Å². The number of phenols is 1. The molecule has 2 aliphatic rings. The molecule has 196 valence electrons. The minimum absolute atomic E-state index is 0.0205. The maximum absolute atomic E-state index is 13.4. The van der Waals surface area contributed by atoms with E-state index in [2.05, 4.69) is 10.3 Å². The number of aromatic hydroxyl groups is 1. The fraction of sp³-hybridized carbons (Fsp3) is 0.276. The Morgan fingerprint density at radius 1 is 1.05 bits per heavy atom. The Morgan fingerprint density at radius 3 is 2.50 bits per heavy atom. The van der Waals surface area contributed by atoms with Gasteiger partial charge in [-0.15, -0.1) is 0 Å². The number of anilines is 1. The van der Waals surface area contributed by atoms with Crippen molar-refractivity contribution in [1.82, 2.24) is 4.90 Å². The van der Waals surface area contributed by atoms with Crippen molar-refractivity contribution in [2.45, 2.75) is 30.6 Å². The number of benzene rings is 3. The number of hydrogen-bond acceptors (Lipinski definition) is 7. The molecule has 1 atom stereocenters. The Balaban J connectivity index is 1.23. The number of ether oxygens (including phenoxy) is 2. The van der Waals surface area contributed by atoms with Crippen LogP contribution in [0.5, 0.6) is 17.2 Å². The molecule has 0 radical (unpaired) electrons. The molecule has 9 heteroatoms. The molecule has 2 fully saturated rings. The van der Waals surface area contributed by atoms with Gasteiger partial charge < -0.3 is 19.9 Å². The van der Waals surface area contributed by atoms with Gasteiger partial charge in [-0.3, -0.25) is 14.5 Å². The summed E-state index contributed by atoms with van der Waals surface area (Å²) in [5.74, 6) is 1.43. The maximum Gasteiger partial charge on any atom is 0.242 e. The van der Waals surface area contributed by atoms with Crippen molar-refractivity contribution < 1.29 is 24.2 Å². The zero-order valence-corrected chi connectivity index (χ0v) is 21.8. The molecule has 0 spiro atoms. The molecule has 5 rings (SSSR count). The Bertz CT molecular complexity index is 1310. The van der Waals surface area contributed by atoms with Crippen LogP contribution in [0.15, 0.2) is 83.9 Å².